The van der Waals surface area contributed by atoms with Crippen molar-refractivity contribution in [2.45, 2.75) is 43.7 Å². The summed E-state index contributed by atoms with van der Waals surface area (Å²) in [6.45, 7) is 3.20. The Balaban J connectivity index is 1.42. The molecule has 8 nitrogen and oxygen atoms in total. The van der Waals surface area contributed by atoms with Gasteiger partial charge in [-0.1, -0.05) is 11.6 Å². The molecule has 0 bridgehead atoms. The number of nitrogens with zero attached hydrogens (tertiary/aromatic N) is 5. The van der Waals surface area contributed by atoms with Crippen molar-refractivity contribution in [1.29, 1.82) is 0 Å². The van der Waals surface area contributed by atoms with Crippen LogP contribution in [0.2, 0.25) is 5.02 Å². The minimum absolute atomic E-state index is 0.133. The van der Waals surface area contributed by atoms with Crippen LogP contribution in [0.25, 0.3) is 44.6 Å². The van der Waals surface area contributed by atoms with E-state index in [1.807, 2.05) is 32.3 Å². The third kappa shape index (κ3) is 4.29. The normalized spacial score (nSPS) is 21.3. The van der Waals surface area contributed by atoms with E-state index in [1.165, 1.54) is 12.1 Å². The average Bonchev–Trinajstić information content (AvgIpc) is 3.70. The SMILES string of the molecule is CN(c1nc(-c2ccnc3[nH]c(-c4cc(F)ccc4Cl)cc23)nc2cncc(C3CC3)c12)C1CCNCC1(C)O. The average molecular weight is 558 g/mol. The van der Waals surface area contributed by atoms with Gasteiger partial charge in [0.25, 0.3) is 0 Å². The molecule has 0 amide bonds. The lowest BCUT2D eigenvalue weighted by Gasteiger charge is -2.43. The number of β-amino-alcohol motifs (C(OH)–C–C–N with tert-alkyl or cyclic N) is 1. The topological polar surface area (TPSA) is 103 Å². The number of aromatic amines is 1. The molecule has 2 atom stereocenters. The predicted octanol–water partition coefficient (Wildman–Crippen LogP) is 5.45. The van der Waals surface area contributed by atoms with Crippen molar-refractivity contribution in [1.82, 2.24) is 30.2 Å². The number of piperidine rings is 1. The summed E-state index contributed by atoms with van der Waals surface area (Å²) in [7, 11) is 2.01. The first-order chi connectivity index (χ1) is 19.3. The van der Waals surface area contributed by atoms with Gasteiger partial charge in [0.05, 0.1) is 28.4 Å². The largest absolute Gasteiger partial charge is 0.387 e. The number of likely N-dealkylation sites (N-methyl/N-ethyl adjacent to an activating group) is 1. The van der Waals surface area contributed by atoms with Crippen LogP contribution in [0.15, 0.2) is 48.9 Å². The predicted molar refractivity (Wildman–Crippen MR) is 155 cm³/mol. The Hall–Kier alpha value is -3.66. The molecule has 5 aromatic rings. The molecule has 1 aliphatic carbocycles. The Morgan fingerprint density at radius 2 is 1.95 bits per heavy atom. The molecular formula is C30H29ClFN7O. The summed E-state index contributed by atoms with van der Waals surface area (Å²) < 4.78 is 14.1. The minimum atomic E-state index is -0.930. The van der Waals surface area contributed by atoms with Crippen LogP contribution in [0, 0.1) is 5.82 Å². The lowest BCUT2D eigenvalue weighted by molar-refractivity contribution is 0.0143. The van der Waals surface area contributed by atoms with Crippen molar-refractivity contribution in [3.63, 3.8) is 0 Å². The van der Waals surface area contributed by atoms with Crippen molar-refractivity contribution < 1.29 is 9.50 Å². The van der Waals surface area contributed by atoms with Crippen LogP contribution in [-0.4, -0.2) is 61.8 Å². The van der Waals surface area contributed by atoms with Crippen molar-refractivity contribution in [3.05, 3.63) is 65.3 Å². The molecular weight excluding hydrogens is 529 g/mol. The Labute approximate surface area is 235 Å². The van der Waals surface area contributed by atoms with Gasteiger partial charge < -0.3 is 20.3 Å². The Morgan fingerprint density at radius 1 is 1.10 bits per heavy atom. The van der Waals surface area contributed by atoms with Crippen LogP contribution in [0.3, 0.4) is 0 Å². The fraction of sp³-hybridized carbons (Fsp3) is 0.333. The van der Waals surface area contributed by atoms with Crippen LogP contribution in [-0.2, 0) is 0 Å². The van der Waals surface area contributed by atoms with E-state index in [2.05, 4.69) is 25.2 Å². The van der Waals surface area contributed by atoms with Gasteiger partial charge in [-0.15, -0.1) is 0 Å². The zero-order valence-corrected chi connectivity index (χ0v) is 23.0. The van der Waals surface area contributed by atoms with Crippen molar-refractivity contribution in [2.24, 2.45) is 0 Å². The zero-order chi connectivity index (χ0) is 27.6. The number of halogens is 2. The molecule has 2 aliphatic rings. The maximum Gasteiger partial charge on any atom is 0.163 e. The number of aromatic nitrogens is 5. The minimum Gasteiger partial charge on any atom is -0.387 e. The summed E-state index contributed by atoms with van der Waals surface area (Å²) in [6.07, 6.45) is 8.46. The number of benzene rings is 1. The number of anilines is 1. The molecule has 2 fully saturated rings. The first-order valence-electron chi connectivity index (χ1n) is 13.6. The summed E-state index contributed by atoms with van der Waals surface area (Å²) in [5, 5.41) is 16.8. The van der Waals surface area contributed by atoms with Gasteiger partial charge >= 0.3 is 0 Å². The van der Waals surface area contributed by atoms with Gasteiger partial charge in [-0.25, -0.2) is 19.3 Å². The lowest BCUT2D eigenvalue weighted by atomic mass is 9.89. The number of pyridine rings is 2. The van der Waals surface area contributed by atoms with Crippen molar-refractivity contribution >= 4 is 39.4 Å². The third-order valence-electron chi connectivity index (χ3n) is 8.22. The lowest BCUT2D eigenvalue weighted by Crippen LogP contribution is -2.59. The smallest absolute Gasteiger partial charge is 0.163 e. The molecule has 3 N–H and O–H groups in total. The van der Waals surface area contributed by atoms with E-state index < -0.39 is 5.60 Å². The Bertz CT molecular complexity index is 1770. The molecule has 204 valence electrons. The van der Waals surface area contributed by atoms with E-state index in [0.29, 0.717) is 40.2 Å². The van der Waals surface area contributed by atoms with Gasteiger partial charge in [0.1, 0.15) is 17.3 Å². The molecule has 40 heavy (non-hydrogen) atoms. The molecule has 5 heterocycles. The highest BCUT2D eigenvalue weighted by molar-refractivity contribution is 6.33. The van der Waals surface area contributed by atoms with Crippen LogP contribution in [0.5, 0.6) is 0 Å². The number of hydrogen-bond donors (Lipinski definition) is 3. The first kappa shape index (κ1) is 25.3. The molecule has 10 heteroatoms. The van der Waals surface area contributed by atoms with Crippen LogP contribution in [0.1, 0.15) is 37.7 Å². The molecule has 0 spiro atoms. The van der Waals surface area contributed by atoms with Crippen LogP contribution in [0.4, 0.5) is 10.2 Å². The molecule has 0 radical (unpaired) electrons. The Morgan fingerprint density at radius 3 is 2.75 bits per heavy atom. The molecule has 7 rings (SSSR count). The van der Waals surface area contributed by atoms with E-state index >= 15 is 0 Å². The van der Waals surface area contributed by atoms with E-state index in [4.69, 9.17) is 21.6 Å². The Kier molecular flexibility index (Phi) is 5.99. The molecule has 2 unspecified atom stereocenters. The van der Waals surface area contributed by atoms with Crippen LogP contribution < -0.4 is 10.2 Å². The van der Waals surface area contributed by atoms with Gasteiger partial charge in [0.2, 0.25) is 0 Å². The number of fused-ring (bicyclic) bond motifs is 2. The molecule has 1 saturated carbocycles. The summed E-state index contributed by atoms with van der Waals surface area (Å²) in [6, 6.07) is 7.94. The number of nitrogens with one attached hydrogen (secondary N) is 2. The summed E-state index contributed by atoms with van der Waals surface area (Å²) in [5.41, 5.74) is 3.60. The highest BCUT2D eigenvalue weighted by Crippen LogP contribution is 2.45. The molecule has 1 aliphatic heterocycles. The third-order valence-corrected chi connectivity index (χ3v) is 8.55. The number of aliphatic hydroxyl groups is 1. The van der Waals surface area contributed by atoms with Gasteiger partial charge in [-0.3, -0.25) is 4.98 Å². The number of hydrogen-bond acceptors (Lipinski definition) is 7. The van der Waals surface area contributed by atoms with Gasteiger partial charge in [-0.05, 0) is 74.5 Å². The second-order valence-electron chi connectivity index (χ2n) is 11.1. The highest BCUT2D eigenvalue weighted by Gasteiger charge is 2.39. The van der Waals surface area contributed by atoms with Gasteiger partial charge in [-0.2, -0.15) is 0 Å². The van der Waals surface area contributed by atoms with Crippen molar-refractivity contribution in [3.8, 4) is 22.6 Å². The quantitative estimate of drug-likeness (QED) is 0.264. The second-order valence-corrected chi connectivity index (χ2v) is 11.6. The standard InChI is InChI=1S/C30H29ClFN7O/c1-30(40)15-33-9-8-25(30)39(2)29-26-21(16-3-4-16)13-34-14-24(26)37-28(38-29)18-7-10-35-27-19(18)12-23(36-27)20-11-17(32)5-6-22(20)31/h5-7,10-14,16,25,33,40H,3-4,8-9,15H2,1-2H3,(H,35,36). The van der Waals surface area contributed by atoms with Crippen molar-refractivity contribution in [2.75, 3.05) is 25.0 Å². The van der Waals surface area contributed by atoms with Gasteiger partial charge in [0.15, 0.2) is 5.82 Å². The van der Waals surface area contributed by atoms with E-state index in [1.54, 1.807) is 18.5 Å². The fourth-order valence-electron chi connectivity index (χ4n) is 6.01. The molecule has 1 saturated heterocycles. The molecule has 1 aromatic carbocycles. The second kappa shape index (κ2) is 9.47. The summed E-state index contributed by atoms with van der Waals surface area (Å²) in [4.78, 5) is 24.6. The zero-order valence-electron chi connectivity index (χ0n) is 22.2. The monoisotopic (exact) mass is 557 g/mol. The van der Waals surface area contributed by atoms with Gasteiger partial charge in [0, 0.05) is 53.6 Å². The van der Waals surface area contributed by atoms with E-state index in [0.717, 1.165) is 59.0 Å². The maximum atomic E-state index is 14.1. The fourth-order valence-corrected chi connectivity index (χ4v) is 6.23. The summed E-state index contributed by atoms with van der Waals surface area (Å²) >= 11 is 6.41. The van der Waals surface area contributed by atoms with E-state index in [9.17, 15) is 9.50 Å². The van der Waals surface area contributed by atoms with Crippen LogP contribution >= 0.6 is 11.6 Å². The first-order valence-corrected chi connectivity index (χ1v) is 13.9. The number of rotatable bonds is 5. The maximum absolute atomic E-state index is 14.1. The molecule has 4 aromatic heterocycles. The highest BCUT2D eigenvalue weighted by atomic mass is 35.5. The van der Waals surface area contributed by atoms with E-state index in [-0.39, 0.29) is 11.9 Å². The summed E-state index contributed by atoms with van der Waals surface area (Å²) in [5.74, 6) is 1.39. The number of H-pyrrole nitrogens is 1.